The fraction of sp³-hybridized carbons (Fsp3) is 0.900. The number of allylic oxidation sites excluding steroid dienone is 6. The molecule has 2 atom stereocenters. The second-order valence-electron chi connectivity index (χ2n) is 27.0. The first-order valence-corrected chi connectivity index (χ1v) is 39.2. The SMILES string of the molecule is CCCCCCCC/C=C\CCCCCCCCCCCC(=O)OCCCCCCCCCCC/C=C\C/C=C\CCCCCCCCCCCCCCCCCC(=O)NC(CO)C(O)CCCCCCCCCCCCCCCCCCCCC. The van der Waals surface area contributed by atoms with E-state index in [-0.39, 0.29) is 18.5 Å². The Morgan fingerprint density at radius 2 is 0.581 bits per heavy atom. The number of aliphatic hydroxyl groups excluding tert-OH is 2. The van der Waals surface area contributed by atoms with Gasteiger partial charge < -0.3 is 20.3 Å². The summed E-state index contributed by atoms with van der Waals surface area (Å²) >= 11 is 0. The Hall–Kier alpha value is -1.92. The van der Waals surface area contributed by atoms with Crippen LogP contribution < -0.4 is 5.32 Å². The van der Waals surface area contributed by atoms with Crippen molar-refractivity contribution >= 4 is 11.9 Å². The van der Waals surface area contributed by atoms with Gasteiger partial charge in [0.1, 0.15) is 0 Å². The van der Waals surface area contributed by atoms with Crippen LogP contribution in [0.4, 0.5) is 0 Å². The van der Waals surface area contributed by atoms with Crippen LogP contribution in [0.1, 0.15) is 438 Å². The summed E-state index contributed by atoms with van der Waals surface area (Å²) in [7, 11) is 0. The zero-order valence-corrected chi connectivity index (χ0v) is 58.3. The number of rotatable bonds is 74. The normalized spacial score (nSPS) is 12.7. The minimum atomic E-state index is -0.665. The van der Waals surface area contributed by atoms with Crippen LogP contribution >= 0.6 is 0 Å². The number of hydrogen-bond acceptors (Lipinski definition) is 5. The number of hydrogen-bond donors (Lipinski definition) is 3. The lowest BCUT2D eigenvalue weighted by Crippen LogP contribution is -2.45. The van der Waals surface area contributed by atoms with Gasteiger partial charge in [-0.15, -0.1) is 0 Å². The summed E-state index contributed by atoms with van der Waals surface area (Å²) in [6, 6.07) is -0.542. The molecular formula is C80H153NO5. The van der Waals surface area contributed by atoms with Crippen molar-refractivity contribution in [1.82, 2.24) is 5.32 Å². The summed E-state index contributed by atoms with van der Waals surface area (Å²) in [4.78, 5) is 24.7. The van der Waals surface area contributed by atoms with Crippen molar-refractivity contribution in [2.45, 2.75) is 450 Å². The lowest BCUT2D eigenvalue weighted by molar-refractivity contribution is -0.143. The number of esters is 1. The molecule has 1 amide bonds. The Labute approximate surface area is 538 Å². The summed E-state index contributed by atoms with van der Waals surface area (Å²) in [6.45, 7) is 4.99. The van der Waals surface area contributed by atoms with Crippen molar-refractivity contribution in [1.29, 1.82) is 0 Å². The maximum absolute atomic E-state index is 12.6. The molecule has 3 N–H and O–H groups in total. The standard InChI is InChI=1S/C80H153NO5/c1-3-5-7-9-11-13-15-17-19-21-36-40-44-48-52-56-60-64-68-72-78(83)77(76-82)81-79(84)73-69-65-61-57-53-49-45-41-38-34-32-30-28-26-24-23-25-27-29-31-33-35-39-43-47-51-55-59-63-67-71-75-86-80(85)74-70-66-62-58-54-50-46-42-37-22-20-18-16-14-12-10-8-6-4-2/h18,20,25,27,31,33,77-78,82-83H,3-17,19,21-24,26,28-30,32,34-76H2,1-2H3,(H,81,84)/b20-18-,27-25-,33-31-. The van der Waals surface area contributed by atoms with E-state index in [1.807, 2.05) is 0 Å². The van der Waals surface area contributed by atoms with Gasteiger partial charge in [-0.2, -0.15) is 0 Å². The van der Waals surface area contributed by atoms with E-state index in [9.17, 15) is 19.8 Å². The lowest BCUT2D eigenvalue weighted by Gasteiger charge is -2.22. The Morgan fingerprint density at radius 1 is 0.326 bits per heavy atom. The Balaban J connectivity index is 3.38. The molecule has 0 aliphatic heterocycles. The van der Waals surface area contributed by atoms with Crippen molar-refractivity contribution in [3.63, 3.8) is 0 Å². The van der Waals surface area contributed by atoms with E-state index in [1.54, 1.807) is 0 Å². The third-order valence-corrected chi connectivity index (χ3v) is 18.4. The van der Waals surface area contributed by atoms with Crippen LogP contribution in [0.2, 0.25) is 0 Å². The number of amides is 1. The molecule has 0 rings (SSSR count). The molecule has 0 saturated carbocycles. The van der Waals surface area contributed by atoms with Crippen LogP contribution in [0.5, 0.6) is 0 Å². The minimum absolute atomic E-state index is 0.0136. The highest BCUT2D eigenvalue weighted by Crippen LogP contribution is 2.19. The van der Waals surface area contributed by atoms with Gasteiger partial charge in [0.05, 0.1) is 25.4 Å². The number of aliphatic hydroxyl groups is 2. The van der Waals surface area contributed by atoms with Gasteiger partial charge in [-0.25, -0.2) is 0 Å². The first kappa shape index (κ1) is 84.1. The topological polar surface area (TPSA) is 95.9 Å². The van der Waals surface area contributed by atoms with Gasteiger partial charge in [-0.05, 0) is 83.5 Å². The number of carbonyl (C=O) groups is 2. The third kappa shape index (κ3) is 71.2. The molecule has 0 aliphatic rings. The first-order valence-electron chi connectivity index (χ1n) is 39.2. The average molecular weight is 1210 g/mol. The van der Waals surface area contributed by atoms with Gasteiger partial charge in [0, 0.05) is 12.8 Å². The molecule has 0 aromatic heterocycles. The maximum Gasteiger partial charge on any atom is 0.305 e. The predicted molar refractivity (Wildman–Crippen MR) is 379 cm³/mol. The Morgan fingerprint density at radius 3 is 0.895 bits per heavy atom. The van der Waals surface area contributed by atoms with Gasteiger partial charge in [0.15, 0.2) is 0 Å². The summed E-state index contributed by atoms with van der Waals surface area (Å²) in [5.74, 6) is -0.0165. The van der Waals surface area contributed by atoms with E-state index in [2.05, 4.69) is 55.6 Å². The fourth-order valence-corrected chi connectivity index (χ4v) is 12.4. The largest absolute Gasteiger partial charge is 0.466 e. The molecule has 6 nitrogen and oxygen atoms in total. The average Bonchev–Trinajstić information content (AvgIpc) is 3.54. The zero-order valence-electron chi connectivity index (χ0n) is 58.3. The minimum Gasteiger partial charge on any atom is -0.466 e. The fourth-order valence-electron chi connectivity index (χ4n) is 12.4. The molecule has 0 aromatic rings. The van der Waals surface area contributed by atoms with Crippen LogP contribution in [-0.2, 0) is 14.3 Å². The number of unbranched alkanes of at least 4 members (excludes halogenated alkanes) is 57. The van der Waals surface area contributed by atoms with Crippen LogP contribution in [0, 0.1) is 0 Å². The van der Waals surface area contributed by atoms with Gasteiger partial charge in [-0.3, -0.25) is 9.59 Å². The van der Waals surface area contributed by atoms with Crippen molar-refractivity contribution in [2.75, 3.05) is 13.2 Å². The summed E-state index contributed by atoms with van der Waals surface area (Å²) < 4.78 is 5.51. The molecule has 0 fully saturated rings. The molecule has 0 bridgehead atoms. The van der Waals surface area contributed by atoms with Gasteiger partial charge in [0.2, 0.25) is 5.91 Å². The molecule has 0 spiro atoms. The molecule has 508 valence electrons. The van der Waals surface area contributed by atoms with Crippen LogP contribution in [0.15, 0.2) is 36.5 Å². The molecule has 0 saturated heterocycles. The number of carbonyl (C=O) groups excluding carboxylic acids is 2. The second kappa shape index (κ2) is 75.5. The van der Waals surface area contributed by atoms with Crippen molar-refractivity contribution in [2.24, 2.45) is 0 Å². The molecule has 0 aromatic carbocycles. The first-order chi connectivity index (χ1) is 42.5. The Kier molecular flexibility index (Phi) is 73.9. The van der Waals surface area contributed by atoms with E-state index >= 15 is 0 Å². The molecule has 6 heteroatoms. The molecule has 0 aliphatic carbocycles. The molecular weight excluding hydrogens is 1050 g/mol. The van der Waals surface area contributed by atoms with Crippen LogP contribution in [0.25, 0.3) is 0 Å². The van der Waals surface area contributed by atoms with Crippen molar-refractivity contribution in [3.05, 3.63) is 36.5 Å². The molecule has 0 heterocycles. The van der Waals surface area contributed by atoms with Crippen molar-refractivity contribution < 1.29 is 24.5 Å². The highest BCUT2D eigenvalue weighted by Gasteiger charge is 2.20. The second-order valence-corrected chi connectivity index (χ2v) is 27.0. The third-order valence-electron chi connectivity index (χ3n) is 18.4. The molecule has 86 heavy (non-hydrogen) atoms. The van der Waals surface area contributed by atoms with Gasteiger partial charge in [0.25, 0.3) is 0 Å². The van der Waals surface area contributed by atoms with Gasteiger partial charge in [-0.1, -0.05) is 378 Å². The number of ether oxygens (including phenoxy) is 1. The van der Waals surface area contributed by atoms with E-state index < -0.39 is 12.1 Å². The predicted octanol–water partition coefficient (Wildman–Crippen LogP) is 25.8. The lowest BCUT2D eigenvalue weighted by atomic mass is 10.0. The highest BCUT2D eigenvalue weighted by atomic mass is 16.5. The van der Waals surface area contributed by atoms with Crippen LogP contribution in [0.3, 0.4) is 0 Å². The monoisotopic (exact) mass is 1210 g/mol. The van der Waals surface area contributed by atoms with Crippen molar-refractivity contribution in [3.8, 4) is 0 Å². The van der Waals surface area contributed by atoms with Gasteiger partial charge >= 0.3 is 5.97 Å². The highest BCUT2D eigenvalue weighted by molar-refractivity contribution is 5.76. The summed E-state index contributed by atoms with van der Waals surface area (Å²) in [5.41, 5.74) is 0. The summed E-state index contributed by atoms with van der Waals surface area (Å²) in [5, 5.41) is 23.4. The molecule has 0 radical (unpaired) electrons. The smallest absolute Gasteiger partial charge is 0.305 e. The number of nitrogens with one attached hydrogen (secondary N) is 1. The van der Waals surface area contributed by atoms with E-state index in [0.717, 1.165) is 51.4 Å². The van der Waals surface area contributed by atoms with Crippen LogP contribution in [-0.4, -0.2) is 47.4 Å². The Bertz CT molecular complexity index is 1390. The summed E-state index contributed by atoms with van der Waals surface area (Å²) in [6.07, 6.45) is 98.0. The molecule has 2 unspecified atom stereocenters. The van der Waals surface area contributed by atoms with E-state index in [0.29, 0.717) is 25.9 Å². The van der Waals surface area contributed by atoms with E-state index in [1.165, 1.54) is 353 Å². The zero-order chi connectivity index (χ0) is 62.0. The quantitative estimate of drug-likeness (QED) is 0.0320. The van der Waals surface area contributed by atoms with E-state index in [4.69, 9.17) is 4.74 Å². The maximum atomic E-state index is 12.6.